The van der Waals surface area contributed by atoms with Gasteiger partial charge in [-0.3, -0.25) is 9.89 Å². The first-order chi connectivity index (χ1) is 12.8. The average Bonchev–Trinajstić information content (AvgIpc) is 3.15. The lowest BCUT2D eigenvalue weighted by atomic mass is 10.1. The maximum absolute atomic E-state index is 5.40. The van der Waals surface area contributed by atoms with Gasteiger partial charge < -0.3 is 15.4 Å². The van der Waals surface area contributed by atoms with Crippen molar-refractivity contribution in [3.8, 4) is 0 Å². The zero-order valence-corrected chi connectivity index (χ0v) is 16.7. The van der Waals surface area contributed by atoms with Crippen molar-refractivity contribution < 1.29 is 4.74 Å². The van der Waals surface area contributed by atoms with Crippen LogP contribution >= 0.6 is 11.8 Å². The molecule has 1 saturated heterocycles. The molecule has 0 atom stereocenters. The van der Waals surface area contributed by atoms with Gasteiger partial charge in [0.05, 0.1) is 13.2 Å². The number of ether oxygens (including phenoxy) is 1. The summed E-state index contributed by atoms with van der Waals surface area (Å²) < 4.78 is 5.68. The number of thioether (sulfide) groups is 1. The monoisotopic (exact) mass is 376 g/mol. The number of benzene rings is 1. The number of hydrogen-bond donors (Lipinski definition) is 2. The van der Waals surface area contributed by atoms with E-state index in [4.69, 9.17) is 4.74 Å². The molecular formula is C20H32N4OS. The topological polar surface area (TPSA) is 48.9 Å². The summed E-state index contributed by atoms with van der Waals surface area (Å²) in [5.74, 6) is 0.915. The van der Waals surface area contributed by atoms with Gasteiger partial charge in [-0.25, -0.2) is 0 Å². The second kappa shape index (κ2) is 10.2. The molecule has 144 valence electrons. The summed E-state index contributed by atoms with van der Waals surface area (Å²) in [5.41, 5.74) is 0. The number of aliphatic imine (C=N–C) groups is 1. The number of hydrogen-bond acceptors (Lipinski definition) is 4. The van der Waals surface area contributed by atoms with E-state index in [2.05, 4.69) is 50.9 Å². The lowest BCUT2D eigenvalue weighted by molar-refractivity contribution is 0.0389. The summed E-state index contributed by atoms with van der Waals surface area (Å²) >= 11 is 2.03. The molecule has 3 rings (SSSR count). The second-order valence-corrected chi connectivity index (χ2v) is 8.65. The third-order valence-electron chi connectivity index (χ3n) is 5.22. The van der Waals surface area contributed by atoms with Crippen LogP contribution in [-0.4, -0.2) is 68.6 Å². The fourth-order valence-electron chi connectivity index (χ4n) is 3.70. The molecule has 1 aliphatic carbocycles. The second-order valence-electron chi connectivity index (χ2n) is 7.11. The summed E-state index contributed by atoms with van der Waals surface area (Å²) in [7, 11) is 1.86. The van der Waals surface area contributed by atoms with Crippen LogP contribution < -0.4 is 10.6 Å². The van der Waals surface area contributed by atoms with Gasteiger partial charge >= 0.3 is 0 Å². The third-order valence-corrected chi connectivity index (χ3v) is 6.71. The maximum atomic E-state index is 5.40. The molecular weight excluding hydrogens is 344 g/mol. The smallest absolute Gasteiger partial charge is 0.191 e. The van der Waals surface area contributed by atoms with Gasteiger partial charge in [-0.15, -0.1) is 11.8 Å². The SMILES string of the molecule is CN=C(NCCN1CCOCC1)NCC1(Sc2ccccc2)CCCC1. The molecule has 6 heteroatoms. The Labute approximate surface area is 162 Å². The standard InChI is InChI=1S/C20H32N4OS/c1-21-19(22-11-12-24-13-15-25-16-14-24)23-17-20(9-5-6-10-20)26-18-7-3-2-4-8-18/h2-4,7-8H,5-6,9-17H2,1H3,(H2,21,22,23). The van der Waals surface area contributed by atoms with Crippen molar-refractivity contribution in [1.29, 1.82) is 0 Å². The molecule has 0 aromatic heterocycles. The highest BCUT2D eigenvalue weighted by molar-refractivity contribution is 8.00. The molecule has 0 amide bonds. The molecule has 0 bridgehead atoms. The van der Waals surface area contributed by atoms with Gasteiger partial charge in [-0.1, -0.05) is 31.0 Å². The summed E-state index contributed by atoms with van der Waals surface area (Å²) in [6, 6.07) is 10.8. The minimum atomic E-state index is 0.281. The summed E-state index contributed by atoms with van der Waals surface area (Å²) in [6.07, 6.45) is 5.18. The normalized spacial score (nSPS) is 20.9. The number of nitrogens with zero attached hydrogens (tertiary/aromatic N) is 2. The van der Waals surface area contributed by atoms with E-state index >= 15 is 0 Å². The van der Waals surface area contributed by atoms with E-state index < -0.39 is 0 Å². The first-order valence-electron chi connectivity index (χ1n) is 9.78. The molecule has 2 aliphatic rings. The molecule has 1 heterocycles. The van der Waals surface area contributed by atoms with E-state index in [9.17, 15) is 0 Å². The van der Waals surface area contributed by atoms with Crippen LogP contribution in [0.5, 0.6) is 0 Å². The summed E-state index contributed by atoms with van der Waals surface area (Å²) in [6.45, 7) is 6.68. The molecule has 1 saturated carbocycles. The largest absolute Gasteiger partial charge is 0.379 e. The lowest BCUT2D eigenvalue weighted by Crippen LogP contribution is -2.47. The maximum Gasteiger partial charge on any atom is 0.191 e. The van der Waals surface area contributed by atoms with Gasteiger partial charge in [0.15, 0.2) is 5.96 Å². The molecule has 1 aromatic rings. The van der Waals surface area contributed by atoms with E-state index in [1.165, 1.54) is 30.6 Å². The molecule has 0 unspecified atom stereocenters. The van der Waals surface area contributed by atoms with Crippen LogP contribution in [0.4, 0.5) is 0 Å². The Balaban J connectivity index is 1.46. The van der Waals surface area contributed by atoms with Gasteiger partial charge in [-0.05, 0) is 25.0 Å². The zero-order chi connectivity index (χ0) is 18.1. The Morgan fingerprint density at radius 2 is 1.88 bits per heavy atom. The lowest BCUT2D eigenvalue weighted by Gasteiger charge is -2.30. The van der Waals surface area contributed by atoms with Crippen molar-refractivity contribution in [1.82, 2.24) is 15.5 Å². The Bertz CT molecular complexity index is 554. The van der Waals surface area contributed by atoms with Crippen LogP contribution in [0, 0.1) is 0 Å². The number of guanidine groups is 1. The Kier molecular flexibility index (Phi) is 7.65. The number of morpholine rings is 1. The van der Waals surface area contributed by atoms with Gasteiger partial charge in [-0.2, -0.15) is 0 Å². The zero-order valence-electron chi connectivity index (χ0n) is 15.9. The summed E-state index contributed by atoms with van der Waals surface area (Å²) in [4.78, 5) is 8.22. The van der Waals surface area contributed by atoms with E-state index in [0.29, 0.717) is 0 Å². The quantitative estimate of drug-likeness (QED) is 0.566. The van der Waals surface area contributed by atoms with Crippen molar-refractivity contribution in [2.45, 2.75) is 35.3 Å². The fraction of sp³-hybridized carbons (Fsp3) is 0.650. The molecule has 0 radical (unpaired) electrons. The molecule has 5 nitrogen and oxygen atoms in total. The molecule has 1 aromatic carbocycles. The summed E-state index contributed by atoms with van der Waals surface area (Å²) in [5, 5.41) is 7.05. The van der Waals surface area contributed by atoms with Crippen LogP contribution in [0.3, 0.4) is 0 Å². The van der Waals surface area contributed by atoms with Gasteiger partial charge in [0.1, 0.15) is 0 Å². The molecule has 0 spiro atoms. The van der Waals surface area contributed by atoms with Crippen LogP contribution in [0.25, 0.3) is 0 Å². The molecule has 1 aliphatic heterocycles. The highest BCUT2D eigenvalue weighted by atomic mass is 32.2. The Hall–Kier alpha value is -1.24. The molecule has 26 heavy (non-hydrogen) atoms. The van der Waals surface area contributed by atoms with Gasteiger partial charge in [0.2, 0.25) is 0 Å². The molecule has 2 N–H and O–H groups in total. The van der Waals surface area contributed by atoms with Gasteiger partial charge in [0.25, 0.3) is 0 Å². The highest BCUT2D eigenvalue weighted by Crippen LogP contribution is 2.44. The number of nitrogens with one attached hydrogen (secondary N) is 2. The first-order valence-corrected chi connectivity index (χ1v) is 10.6. The van der Waals surface area contributed by atoms with E-state index in [-0.39, 0.29) is 4.75 Å². The average molecular weight is 377 g/mol. The van der Waals surface area contributed by atoms with Crippen LogP contribution in [0.1, 0.15) is 25.7 Å². The van der Waals surface area contributed by atoms with Crippen LogP contribution in [-0.2, 0) is 4.74 Å². The molecule has 2 fully saturated rings. The van der Waals surface area contributed by atoms with Crippen molar-refractivity contribution in [2.24, 2.45) is 4.99 Å². The highest BCUT2D eigenvalue weighted by Gasteiger charge is 2.35. The van der Waals surface area contributed by atoms with Crippen molar-refractivity contribution in [2.75, 3.05) is 53.0 Å². The third kappa shape index (κ3) is 5.89. The van der Waals surface area contributed by atoms with Crippen molar-refractivity contribution in [3.05, 3.63) is 30.3 Å². The minimum Gasteiger partial charge on any atom is -0.379 e. The van der Waals surface area contributed by atoms with Crippen LogP contribution in [0.15, 0.2) is 40.2 Å². The van der Waals surface area contributed by atoms with E-state index in [1.807, 2.05) is 18.8 Å². The fourth-order valence-corrected chi connectivity index (χ4v) is 5.13. The number of rotatable bonds is 7. The Morgan fingerprint density at radius 1 is 1.15 bits per heavy atom. The predicted octanol–water partition coefficient (Wildman–Crippen LogP) is 2.59. The minimum absolute atomic E-state index is 0.281. The predicted molar refractivity (Wildman–Crippen MR) is 110 cm³/mol. The van der Waals surface area contributed by atoms with E-state index in [0.717, 1.165) is 51.9 Å². The van der Waals surface area contributed by atoms with Crippen molar-refractivity contribution in [3.63, 3.8) is 0 Å². The Morgan fingerprint density at radius 3 is 2.58 bits per heavy atom. The van der Waals surface area contributed by atoms with Gasteiger partial charge in [0, 0.05) is 49.4 Å². The van der Waals surface area contributed by atoms with E-state index in [1.54, 1.807) is 0 Å². The van der Waals surface area contributed by atoms with Crippen molar-refractivity contribution >= 4 is 17.7 Å². The first kappa shape index (κ1) is 19.5. The van der Waals surface area contributed by atoms with Crippen LogP contribution in [0.2, 0.25) is 0 Å².